The predicted octanol–water partition coefficient (Wildman–Crippen LogP) is 5.00. The van der Waals surface area contributed by atoms with Gasteiger partial charge in [0.2, 0.25) is 0 Å². The van der Waals surface area contributed by atoms with Crippen LogP contribution in [0, 0.1) is 0 Å². The van der Waals surface area contributed by atoms with Gasteiger partial charge in [0.05, 0.1) is 5.54 Å². The Kier molecular flexibility index (Phi) is 7.11. The minimum Gasteiger partial charge on any atom is -0.329 e. The van der Waals surface area contributed by atoms with E-state index in [4.69, 9.17) is 0 Å². The topological polar surface area (TPSA) is 35.6 Å². The summed E-state index contributed by atoms with van der Waals surface area (Å²) in [5.74, 6) is 0. The molecule has 4 nitrogen and oxygen atoms in total. The normalized spacial score (nSPS) is 15.4. The molecule has 0 radical (unpaired) electrons. The van der Waals surface area contributed by atoms with Gasteiger partial charge in [0.25, 0.3) is 0 Å². The van der Waals surface area contributed by atoms with E-state index in [-0.39, 0.29) is 6.03 Å². The van der Waals surface area contributed by atoms with Crippen molar-refractivity contribution in [2.45, 2.75) is 26.3 Å². The number of hydrogen-bond donors (Lipinski definition) is 1. The van der Waals surface area contributed by atoms with E-state index in [1.165, 1.54) is 5.56 Å². The first-order valence-electron chi connectivity index (χ1n) is 10.6. The van der Waals surface area contributed by atoms with Crippen LogP contribution < -0.4 is 5.32 Å². The van der Waals surface area contributed by atoms with Crippen molar-refractivity contribution in [3.8, 4) is 0 Å². The van der Waals surface area contributed by atoms with Crippen LogP contribution in [0.1, 0.15) is 37.5 Å². The van der Waals surface area contributed by atoms with Gasteiger partial charge >= 0.3 is 6.03 Å². The summed E-state index contributed by atoms with van der Waals surface area (Å²) in [5, 5.41) is 3.21. The Morgan fingerprint density at radius 1 is 1.07 bits per heavy atom. The summed E-state index contributed by atoms with van der Waals surface area (Å²) in [6.07, 6.45) is 4.35. The van der Waals surface area contributed by atoms with Gasteiger partial charge in [-0.15, -0.1) is 0 Å². The minimum atomic E-state index is -0.446. The zero-order valence-corrected chi connectivity index (χ0v) is 18.4. The van der Waals surface area contributed by atoms with E-state index in [1.54, 1.807) is 0 Å². The van der Waals surface area contributed by atoms with Gasteiger partial charge in [-0.2, -0.15) is 0 Å². The highest BCUT2D eigenvalue weighted by Gasteiger charge is 2.27. The largest absolute Gasteiger partial charge is 0.329 e. The molecule has 0 spiro atoms. The summed E-state index contributed by atoms with van der Waals surface area (Å²) in [7, 11) is 0. The number of carbonyl (C=O) groups excluding carboxylic acids is 1. The van der Waals surface area contributed by atoms with Crippen LogP contribution in [0.25, 0.3) is 11.6 Å². The van der Waals surface area contributed by atoms with Crippen molar-refractivity contribution in [3.63, 3.8) is 0 Å². The first-order valence-corrected chi connectivity index (χ1v) is 10.6. The summed E-state index contributed by atoms with van der Waals surface area (Å²) >= 11 is 0. The third-order valence-electron chi connectivity index (χ3n) is 5.63. The average molecular weight is 404 g/mol. The maximum atomic E-state index is 12.9. The van der Waals surface area contributed by atoms with Crippen molar-refractivity contribution in [1.82, 2.24) is 15.1 Å². The van der Waals surface area contributed by atoms with Crippen LogP contribution in [0.4, 0.5) is 4.79 Å². The second kappa shape index (κ2) is 9.77. The van der Waals surface area contributed by atoms with E-state index < -0.39 is 5.54 Å². The van der Waals surface area contributed by atoms with Crippen LogP contribution in [0.5, 0.6) is 0 Å². The minimum absolute atomic E-state index is 0.000190. The highest BCUT2D eigenvalue weighted by atomic mass is 16.2. The summed E-state index contributed by atoms with van der Waals surface area (Å²) in [6, 6.07) is 18.6. The van der Waals surface area contributed by atoms with Crippen molar-refractivity contribution < 1.29 is 4.79 Å². The zero-order valence-electron chi connectivity index (χ0n) is 18.4. The lowest BCUT2D eigenvalue weighted by Crippen LogP contribution is -2.54. The number of urea groups is 1. The monoisotopic (exact) mass is 403 g/mol. The van der Waals surface area contributed by atoms with E-state index in [9.17, 15) is 4.79 Å². The fraction of sp³-hybridized carbons (Fsp3) is 0.346. The Balaban J connectivity index is 1.50. The second-order valence-corrected chi connectivity index (χ2v) is 8.52. The van der Waals surface area contributed by atoms with Crippen LogP contribution in [0.3, 0.4) is 0 Å². The lowest BCUT2D eigenvalue weighted by molar-refractivity contribution is 0.140. The molecular formula is C26H33N3O. The molecule has 1 aliphatic heterocycles. The summed E-state index contributed by atoms with van der Waals surface area (Å²) in [5.41, 5.74) is 3.98. The molecule has 0 saturated carbocycles. The van der Waals surface area contributed by atoms with Gasteiger partial charge in [-0.05, 0) is 43.5 Å². The lowest BCUT2D eigenvalue weighted by Gasteiger charge is -2.37. The average Bonchev–Trinajstić information content (AvgIpc) is 2.75. The quantitative estimate of drug-likeness (QED) is 0.737. The van der Waals surface area contributed by atoms with Gasteiger partial charge in [-0.1, -0.05) is 72.8 Å². The lowest BCUT2D eigenvalue weighted by atomic mass is 9.92. The molecule has 3 rings (SSSR count). The van der Waals surface area contributed by atoms with Crippen molar-refractivity contribution in [1.29, 1.82) is 0 Å². The number of allylic oxidation sites excluding steroid dienone is 1. The number of amides is 2. The van der Waals surface area contributed by atoms with Gasteiger partial charge < -0.3 is 10.2 Å². The van der Waals surface area contributed by atoms with Gasteiger partial charge in [0.15, 0.2) is 0 Å². The van der Waals surface area contributed by atoms with Gasteiger partial charge in [-0.25, -0.2) is 4.79 Å². The first-order chi connectivity index (χ1) is 14.3. The van der Waals surface area contributed by atoms with E-state index >= 15 is 0 Å². The van der Waals surface area contributed by atoms with Crippen molar-refractivity contribution in [2.75, 3.05) is 32.7 Å². The number of carbonyl (C=O) groups is 1. The fourth-order valence-corrected chi connectivity index (χ4v) is 3.63. The Bertz CT molecular complexity index is 894. The molecular weight excluding hydrogens is 370 g/mol. The highest BCUT2D eigenvalue weighted by Crippen LogP contribution is 2.24. The van der Waals surface area contributed by atoms with Crippen LogP contribution in [0.15, 0.2) is 67.3 Å². The molecule has 1 aliphatic rings. The molecule has 0 bridgehead atoms. The molecule has 1 heterocycles. The molecule has 0 aromatic heterocycles. The number of rotatable bonds is 6. The molecule has 30 heavy (non-hydrogen) atoms. The number of piperazine rings is 1. The molecule has 1 fully saturated rings. The standard InChI is InChI=1S/C26H33N3O/c1-21(2)23-13-8-14-24(20-23)26(3,4)27-25(30)29-18-16-28(17-19-29)15-9-12-22-10-6-5-7-11-22/h5-14,20H,1,15-19H2,2-4H3,(H,27,30)/b12-9-. The molecule has 2 aromatic rings. The van der Waals surface area contributed by atoms with E-state index in [2.05, 4.69) is 59.3 Å². The third-order valence-corrected chi connectivity index (χ3v) is 5.63. The molecule has 158 valence electrons. The van der Waals surface area contributed by atoms with Crippen molar-refractivity contribution in [3.05, 3.63) is 83.9 Å². The second-order valence-electron chi connectivity index (χ2n) is 8.52. The van der Waals surface area contributed by atoms with E-state index in [0.717, 1.165) is 49.4 Å². The van der Waals surface area contributed by atoms with Crippen molar-refractivity contribution >= 4 is 17.7 Å². The molecule has 4 heteroatoms. The van der Waals surface area contributed by atoms with Gasteiger partial charge in [0, 0.05) is 32.7 Å². The Labute approximate surface area is 180 Å². The fourth-order valence-electron chi connectivity index (χ4n) is 3.63. The molecule has 1 saturated heterocycles. The maximum absolute atomic E-state index is 12.9. The number of hydrogen-bond acceptors (Lipinski definition) is 2. The molecule has 0 atom stereocenters. The number of nitrogens with one attached hydrogen (secondary N) is 1. The third kappa shape index (κ3) is 5.83. The summed E-state index contributed by atoms with van der Waals surface area (Å²) in [4.78, 5) is 17.2. The van der Waals surface area contributed by atoms with Crippen LogP contribution in [-0.2, 0) is 5.54 Å². The summed E-state index contributed by atoms with van der Waals surface area (Å²) < 4.78 is 0. The molecule has 2 aromatic carbocycles. The van der Waals surface area contributed by atoms with Crippen LogP contribution in [-0.4, -0.2) is 48.6 Å². The number of nitrogens with zero attached hydrogens (tertiary/aromatic N) is 2. The Morgan fingerprint density at radius 2 is 1.77 bits per heavy atom. The molecule has 0 aliphatic carbocycles. The Morgan fingerprint density at radius 3 is 2.43 bits per heavy atom. The molecule has 1 N–H and O–H groups in total. The van der Waals surface area contributed by atoms with E-state index in [0.29, 0.717) is 0 Å². The number of benzene rings is 2. The zero-order chi connectivity index (χ0) is 21.6. The summed E-state index contributed by atoms with van der Waals surface area (Å²) in [6.45, 7) is 14.3. The molecule has 2 amide bonds. The first kappa shape index (κ1) is 21.8. The predicted molar refractivity (Wildman–Crippen MR) is 126 cm³/mol. The SMILES string of the molecule is C=C(C)c1cccc(C(C)(C)NC(=O)N2CCN(C/C=C\c3ccccc3)CC2)c1. The van der Waals surface area contributed by atoms with Crippen LogP contribution >= 0.6 is 0 Å². The van der Waals surface area contributed by atoms with Crippen LogP contribution in [0.2, 0.25) is 0 Å². The highest BCUT2D eigenvalue weighted by molar-refractivity contribution is 5.75. The molecule has 0 unspecified atom stereocenters. The maximum Gasteiger partial charge on any atom is 0.318 e. The van der Waals surface area contributed by atoms with Gasteiger partial charge in [0.1, 0.15) is 0 Å². The van der Waals surface area contributed by atoms with E-state index in [1.807, 2.05) is 49.9 Å². The Hall–Kier alpha value is -2.85. The van der Waals surface area contributed by atoms with Gasteiger partial charge in [-0.3, -0.25) is 4.90 Å². The smallest absolute Gasteiger partial charge is 0.318 e. The van der Waals surface area contributed by atoms with Crippen molar-refractivity contribution in [2.24, 2.45) is 0 Å².